The average molecular weight is 609 g/mol. The Balaban J connectivity index is 0.00000106. The molecule has 0 saturated carbocycles. The van der Waals surface area contributed by atoms with Crippen LogP contribution in [0, 0.1) is 5.92 Å². The number of nitrogens with zero attached hydrogens (tertiary/aromatic N) is 1. The monoisotopic (exact) mass is 608 g/mol. The van der Waals surface area contributed by atoms with Gasteiger partial charge in [-0.1, -0.05) is 44.2 Å². The molecule has 0 radical (unpaired) electrons. The van der Waals surface area contributed by atoms with Gasteiger partial charge < -0.3 is 20.1 Å². The van der Waals surface area contributed by atoms with E-state index in [0.717, 1.165) is 12.8 Å². The molecule has 2 atom stereocenters. The quantitative estimate of drug-likeness (QED) is 0.0967. The Morgan fingerprint density at radius 2 is 1.76 bits per heavy atom. The van der Waals surface area contributed by atoms with Crippen molar-refractivity contribution in [1.29, 1.82) is 0 Å². The number of hydrogen-bond acceptors (Lipinski definition) is 6. The molecule has 0 bridgehead atoms. The van der Waals surface area contributed by atoms with Crippen LogP contribution in [0.2, 0.25) is 0 Å². The molecule has 1 aliphatic rings. The number of benzene rings is 1. The second-order valence-corrected chi connectivity index (χ2v) is 11.7. The van der Waals surface area contributed by atoms with Gasteiger partial charge in [0.15, 0.2) is 0 Å². The van der Waals surface area contributed by atoms with Gasteiger partial charge in [0.2, 0.25) is 21.8 Å². The molecular formula is C25H39F3N6O6S. The number of carboxylic acids is 1. The van der Waals surface area contributed by atoms with Crippen molar-refractivity contribution in [2.24, 2.45) is 17.4 Å². The zero-order chi connectivity index (χ0) is 31.2. The maximum absolute atomic E-state index is 13.4. The molecule has 1 aromatic rings. The number of halogens is 3. The Hall–Kier alpha value is -3.40. The number of carboxylic acid groups (broad SMARTS) is 1. The van der Waals surface area contributed by atoms with E-state index in [-0.39, 0.29) is 29.4 Å². The summed E-state index contributed by atoms with van der Waals surface area (Å²) in [4.78, 5) is 39.3. The van der Waals surface area contributed by atoms with E-state index in [2.05, 4.69) is 15.0 Å². The summed E-state index contributed by atoms with van der Waals surface area (Å²) < 4.78 is 59.8. The second kappa shape index (κ2) is 16.8. The lowest BCUT2D eigenvalue weighted by atomic mass is 10.0. The summed E-state index contributed by atoms with van der Waals surface area (Å²) in [6, 6.07) is 7.34. The normalized spacial score (nSPS) is 16.0. The van der Waals surface area contributed by atoms with Crippen LogP contribution in [0.4, 0.5) is 13.2 Å². The molecule has 232 valence electrons. The lowest BCUT2D eigenvalue weighted by Crippen LogP contribution is -2.78. The van der Waals surface area contributed by atoms with Crippen LogP contribution in [0.25, 0.3) is 0 Å². The zero-order valence-corrected chi connectivity index (χ0v) is 23.9. The lowest BCUT2D eigenvalue weighted by molar-refractivity contribution is -0.459. The highest BCUT2D eigenvalue weighted by Gasteiger charge is 2.38. The minimum atomic E-state index is -5.19. The van der Waals surface area contributed by atoms with Gasteiger partial charge in [0.05, 0.1) is 12.3 Å². The van der Waals surface area contributed by atoms with Crippen molar-refractivity contribution in [2.75, 3.05) is 19.6 Å². The molecule has 0 spiro atoms. The van der Waals surface area contributed by atoms with Crippen LogP contribution in [0.5, 0.6) is 0 Å². The Morgan fingerprint density at radius 1 is 1.15 bits per heavy atom. The van der Waals surface area contributed by atoms with Gasteiger partial charge in [0.1, 0.15) is 18.1 Å². The third-order valence-corrected chi connectivity index (χ3v) is 7.19. The highest BCUT2D eigenvalue weighted by atomic mass is 32.2. The van der Waals surface area contributed by atoms with Gasteiger partial charge in [-0.25, -0.2) is 13.1 Å². The third-order valence-electron chi connectivity index (χ3n) is 5.83. The molecule has 1 saturated heterocycles. The molecule has 1 fully saturated rings. The van der Waals surface area contributed by atoms with Crippen molar-refractivity contribution in [3.63, 3.8) is 0 Å². The fourth-order valence-electron chi connectivity index (χ4n) is 4.04. The van der Waals surface area contributed by atoms with E-state index in [4.69, 9.17) is 21.4 Å². The first-order chi connectivity index (χ1) is 19.0. The Labute approximate surface area is 237 Å². The van der Waals surface area contributed by atoms with Gasteiger partial charge in [-0.15, -0.1) is 0 Å². The summed E-state index contributed by atoms with van der Waals surface area (Å²) in [6.07, 6.45) is -2.06. The van der Waals surface area contributed by atoms with E-state index < -0.39 is 34.3 Å². The molecule has 1 aromatic carbocycles. The maximum atomic E-state index is 13.4. The number of likely N-dealkylation sites (tertiary alicyclic amines) is 1. The summed E-state index contributed by atoms with van der Waals surface area (Å²) in [6.45, 7) is 5.39. The van der Waals surface area contributed by atoms with Crippen molar-refractivity contribution in [1.82, 2.24) is 14.9 Å². The first kappa shape index (κ1) is 35.6. The van der Waals surface area contributed by atoms with E-state index in [9.17, 15) is 31.2 Å². The lowest BCUT2D eigenvalue weighted by Gasteiger charge is -2.29. The standard InChI is InChI=1S/C23H38N6O4S.C2HF3O2/c1-17(2)15-19(28-34(32,33)16-18-9-4-3-5-10-18)22(31)29-14-8-11-20(29)21(30)26-12-6-7-13-27-23(24)25;3-2(4,5)1(6)7/h3-5,9-10,17,19-20,28H,6-8,11-16H2,1-2H3,(H,26,30)(H4,24,25,27);(H,6,7)/t19-,20-;/m0./s1. The number of hydrogen-bond donors (Lipinski definition) is 5. The number of rotatable bonds is 13. The molecule has 0 unspecified atom stereocenters. The topological polar surface area (TPSA) is 202 Å². The first-order valence-corrected chi connectivity index (χ1v) is 14.7. The number of nitrogens with one attached hydrogen (secondary N) is 3. The molecule has 12 nitrogen and oxygen atoms in total. The molecule has 1 aliphatic heterocycles. The fraction of sp³-hybridized carbons (Fsp3) is 0.600. The second-order valence-electron chi connectivity index (χ2n) is 9.90. The van der Waals surface area contributed by atoms with E-state index in [1.54, 1.807) is 24.3 Å². The van der Waals surface area contributed by atoms with Crippen LogP contribution in [-0.4, -0.2) is 75.0 Å². The van der Waals surface area contributed by atoms with Crippen molar-refractivity contribution in [2.45, 2.75) is 70.0 Å². The predicted molar refractivity (Wildman–Crippen MR) is 143 cm³/mol. The molecule has 16 heteroatoms. The van der Waals surface area contributed by atoms with Crippen molar-refractivity contribution < 1.29 is 46.1 Å². The van der Waals surface area contributed by atoms with Crippen LogP contribution >= 0.6 is 0 Å². The van der Waals surface area contributed by atoms with Gasteiger partial charge in [-0.3, -0.25) is 26.0 Å². The number of aliphatic carboxylic acids is 1. The number of guanidine groups is 1. The average Bonchev–Trinajstić information content (AvgIpc) is 3.35. The van der Waals surface area contributed by atoms with Gasteiger partial charge in [0, 0.05) is 13.1 Å². The van der Waals surface area contributed by atoms with Crippen LogP contribution < -0.4 is 31.6 Å². The number of carbonyl (C=O) groups is 3. The molecule has 1 heterocycles. The SMILES string of the molecule is CC(C)C[C@H](NS(=O)(=O)Cc1ccccc1)C(=O)N1CCC[C@H]1C(=O)NCCCC[NH+]=C(N)N.O=C([O-])C(F)(F)F. The van der Waals surface area contributed by atoms with Gasteiger partial charge in [-0.05, 0) is 43.6 Å². The zero-order valence-electron chi connectivity index (χ0n) is 23.1. The highest BCUT2D eigenvalue weighted by Crippen LogP contribution is 2.21. The van der Waals surface area contributed by atoms with Crippen LogP contribution in [0.3, 0.4) is 0 Å². The third kappa shape index (κ3) is 14.2. The van der Waals surface area contributed by atoms with Crippen molar-refractivity contribution >= 4 is 33.8 Å². The molecule has 2 amide bonds. The van der Waals surface area contributed by atoms with Crippen molar-refractivity contribution in [3.05, 3.63) is 35.9 Å². The Bertz CT molecular complexity index is 1130. The number of sulfonamides is 1. The first-order valence-electron chi connectivity index (χ1n) is 13.1. The molecule has 41 heavy (non-hydrogen) atoms. The number of carbonyl (C=O) groups excluding carboxylic acids is 3. The minimum absolute atomic E-state index is 0.0941. The minimum Gasteiger partial charge on any atom is -0.542 e. The number of nitrogens with two attached hydrogens (primary N) is 2. The summed E-state index contributed by atoms with van der Waals surface area (Å²) in [5.74, 6) is -3.51. The van der Waals surface area contributed by atoms with Gasteiger partial charge in [0.25, 0.3) is 0 Å². The largest absolute Gasteiger partial charge is 0.542 e. The van der Waals surface area contributed by atoms with E-state index in [0.29, 0.717) is 44.5 Å². The molecule has 0 aliphatic carbocycles. The van der Waals surface area contributed by atoms with Crippen molar-refractivity contribution in [3.8, 4) is 0 Å². The summed E-state index contributed by atoms with van der Waals surface area (Å²) in [5.41, 5.74) is 11.3. The molecule has 7 N–H and O–H groups in total. The number of amides is 2. The Morgan fingerprint density at radius 3 is 2.29 bits per heavy atom. The maximum Gasteiger partial charge on any atom is 0.430 e. The predicted octanol–water partition coefficient (Wildman–Crippen LogP) is -1.94. The summed E-state index contributed by atoms with van der Waals surface area (Å²) >= 11 is 0. The van der Waals surface area contributed by atoms with Crippen LogP contribution in [0.1, 0.15) is 51.5 Å². The number of alkyl halides is 3. The van der Waals surface area contributed by atoms with Gasteiger partial charge >= 0.3 is 12.1 Å². The van der Waals surface area contributed by atoms with Crippen LogP contribution in [-0.2, 0) is 30.2 Å². The molecule has 2 rings (SSSR count). The Kier molecular flexibility index (Phi) is 14.6. The van der Waals surface area contributed by atoms with E-state index in [1.807, 2.05) is 19.9 Å². The smallest absolute Gasteiger partial charge is 0.430 e. The van der Waals surface area contributed by atoms with Gasteiger partial charge in [-0.2, -0.15) is 13.2 Å². The summed E-state index contributed by atoms with van der Waals surface area (Å²) in [7, 11) is -3.74. The highest BCUT2D eigenvalue weighted by molar-refractivity contribution is 7.88. The number of unbranched alkanes of at least 4 members (excludes halogenated alkanes) is 1. The molecule has 0 aromatic heterocycles. The van der Waals surface area contributed by atoms with Crippen LogP contribution in [0.15, 0.2) is 30.3 Å². The fourth-order valence-corrected chi connectivity index (χ4v) is 5.38. The van der Waals surface area contributed by atoms with E-state index in [1.165, 1.54) is 4.90 Å². The van der Waals surface area contributed by atoms with E-state index >= 15 is 0 Å². The summed E-state index contributed by atoms with van der Waals surface area (Å²) in [5, 5.41) is 11.7. The molecular weight excluding hydrogens is 569 g/mol.